The second kappa shape index (κ2) is 8.80. The van der Waals surface area contributed by atoms with Gasteiger partial charge in [0, 0.05) is 11.1 Å². The number of hydrogen-bond acceptors (Lipinski definition) is 5. The third kappa shape index (κ3) is 5.05. The summed E-state index contributed by atoms with van der Waals surface area (Å²) in [5.41, 5.74) is 3.05. The molecule has 5 nitrogen and oxygen atoms in total. The average molecular weight is 386 g/mol. The van der Waals surface area contributed by atoms with Crippen LogP contribution in [0.4, 0.5) is 0 Å². The highest BCUT2D eigenvalue weighted by Crippen LogP contribution is 2.24. The van der Waals surface area contributed by atoms with Crippen LogP contribution >= 0.6 is 0 Å². The van der Waals surface area contributed by atoms with E-state index in [1.165, 1.54) is 0 Å². The summed E-state index contributed by atoms with van der Waals surface area (Å²) >= 11 is 0. The van der Waals surface area contributed by atoms with Crippen LogP contribution < -0.4 is 9.47 Å². The van der Waals surface area contributed by atoms with Gasteiger partial charge in [-0.05, 0) is 66.6 Å². The molecule has 3 rings (SSSR count). The van der Waals surface area contributed by atoms with Crippen molar-refractivity contribution in [2.75, 3.05) is 0 Å². The minimum atomic E-state index is -0.488. The van der Waals surface area contributed by atoms with Gasteiger partial charge in [-0.25, -0.2) is 9.59 Å². The largest absolute Gasteiger partial charge is 0.423 e. The van der Waals surface area contributed by atoms with E-state index in [4.69, 9.17) is 9.47 Å². The first-order chi connectivity index (χ1) is 14.0. The van der Waals surface area contributed by atoms with Crippen molar-refractivity contribution in [2.45, 2.75) is 6.92 Å². The molecule has 0 aliphatic carbocycles. The fraction of sp³-hybridized carbons (Fsp3) is 0.0417. The van der Waals surface area contributed by atoms with Crippen molar-refractivity contribution in [1.82, 2.24) is 0 Å². The van der Waals surface area contributed by atoms with Crippen LogP contribution in [0.15, 0.2) is 84.9 Å². The second-order valence-corrected chi connectivity index (χ2v) is 6.35. The quantitative estimate of drug-likeness (QED) is 0.262. The highest BCUT2D eigenvalue weighted by Gasteiger charge is 2.10. The molecule has 0 heterocycles. The van der Waals surface area contributed by atoms with Crippen molar-refractivity contribution >= 4 is 18.2 Å². The van der Waals surface area contributed by atoms with E-state index < -0.39 is 11.9 Å². The number of carbonyl (C=O) groups excluding carboxylic acids is 3. The van der Waals surface area contributed by atoms with Crippen LogP contribution in [0.5, 0.6) is 11.5 Å². The van der Waals surface area contributed by atoms with Gasteiger partial charge in [-0.1, -0.05) is 30.8 Å². The minimum absolute atomic E-state index is 0.330. The van der Waals surface area contributed by atoms with E-state index in [1.807, 2.05) is 12.1 Å². The Hall–Kier alpha value is -3.99. The Morgan fingerprint density at radius 2 is 1.24 bits per heavy atom. The molecule has 0 amide bonds. The van der Waals surface area contributed by atoms with E-state index in [1.54, 1.807) is 67.6 Å². The van der Waals surface area contributed by atoms with Crippen molar-refractivity contribution in [2.24, 2.45) is 0 Å². The van der Waals surface area contributed by atoms with Gasteiger partial charge in [-0.3, -0.25) is 4.79 Å². The summed E-state index contributed by atoms with van der Waals surface area (Å²) in [6.45, 7) is 5.13. The number of esters is 2. The van der Waals surface area contributed by atoms with E-state index in [0.29, 0.717) is 28.2 Å². The fourth-order valence-corrected chi connectivity index (χ4v) is 2.49. The third-order valence-electron chi connectivity index (χ3n) is 4.09. The molecule has 0 aromatic heterocycles. The Labute approximate surface area is 168 Å². The van der Waals surface area contributed by atoms with Crippen molar-refractivity contribution in [3.05, 3.63) is 96.1 Å². The standard InChI is InChI=1S/C24H18O5/c1-16(2)23(26)28-22-13-9-19(10-14-22)18-5-7-20(8-6-18)24(27)29-21-11-3-17(15-25)4-12-21/h3-15H,1H2,2H3. The van der Waals surface area contributed by atoms with Crippen LogP contribution in [0.1, 0.15) is 27.6 Å². The smallest absolute Gasteiger partial charge is 0.343 e. The Bertz CT molecular complexity index is 1050. The molecule has 0 radical (unpaired) electrons. The lowest BCUT2D eigenvalue weighted by Crippen LogP contribution is -2.08. The zero-order chi connectivity index (χ0) is 20.8. The van der Waals surface area contributed by atoms with Crippen LogP contribution in [0.3, 0.4) is 0 Å². The van der Waals surface area contributed by atoms with Crippen LogP contribution in [0.25, 0.3) is 11.1 Å². The van der Waals surface area contributed by atoms with Crippen molar-refractivity contribution in [3.63, 3.8) is 0 Å². The normalized spacial score (nSPS) is 10.1. The number of aldehydes is 1. The first-order valence-corrected chi connectivity index (χ1v) is 8.82. The van der Waals surface area contributed by atoms with Crippen LogP contribution in [0.2, 0.25) is 0 Å². The Morgan fingerprint density at radius 3 is 1.76 bits per heavy atom. The molecule has 144 valence electrons. The third-order valence-corrected chi connectivity index (χ3v) is 4.09. The lowest BCUT2D eigenvalue weighted by Gasteiger charge is -2.07. The number of ether oxygens (including phenoxy) is 2. The van der Waals surface area contributed by atoms with E-state index in [9.17, 15) is 14.4 Å². The van der Waals surface area contributed by atoms with Crippen molar-refractivity contribution in [1.29, 1.82) is 0 Å². The summed E-state index contributed by atoms with van der Waals surface area (Å²) < 4.78 is 10.5. The number of hydrogen-bond donors (Lipinski definition) is 0. The maximum atomic E-state index is 12.3. The summed E-state index contributed by atoms with van der Waals surface area (Å²) in [5, 5.41) is 0. The molecule has 0 aliphatic heterocycles. The zero-order valence-electron chi connectivity index (χ0n) is 15.8. The summed E-state index contributed by atoms with van der Waals surface area (Å²) in [4.78, 5) is 34.5. The van der Waals surface area contributed by atoms with Crippen LogP contribution in [-0.4, -0.2) is 18.2 Å². The molecule has 0 aliphatic rings. The van der Waals surface area contributed by atoms with Gasteiger partial charge in [0.1, 0.15) is 17.8 Å². The topological polar surface area (TPSA) is 69.7 Å². The predicted molar refractivity (Wildman–Crippen MR) is 109 cm³/mol. The summed E-state index contributed by atoms with van der Waals surface area (Å²) in [6, 6.07) is 20.3. The molecule has 3 aromatic carbocycles. The molecule has 0 bridgehead atoms. The maximum absolute atomic E-state index is 12.3. The van der Waals surface area contributed by atoms with Crippen molar-refractivity contribution in [3.8, 4) is 22.6 Å². The van der Waals surface area contributed by atoms with Gasteiger partial charge < -0.3 is 9.47 Å². The summed E-state index contributed by atoms with van der Waals surface area (Å²) in [5.74, 6) is -0.161. The monoisotopic (exact) mass is 386 g/mol. The average Bonchev–Trinajstić information content (AvgIpc) is 2.75. The van der Waals surface area contributed by atoms with Gasteiger partial charge >= 0.3 is 11.9 Å². The molecule has 0 atom stereocenters. The van der Waals surface area contributed by atoms with Gasteiger partial charge in [-0.15, -0.1) is 0 Å². The van der Waals surface area contributed by atoms with Crippen LogP contribution in [-0.2, 0) is 4.79 Å². The number of rotatable bonds is 6. The first kappa shape index (κ1) is 19.8. The Balaban J connectivity index is 1.67. The fourth-order valence-electron chi connectivity index (χ4n) is 2.49. The molecule has 0 saturated heterocycles. The predicted octanol–water partition coefficient (Wildman–Crippen LogP) is 4.87. The SMILES string of the molecule is C=C(C)C(=O)Oc1ccc(-c2ccc(C(=O)Oc3ccc(C=O)cc3)cc2)cc1. The molecule has 5 heteroatoms. The molecule has 29 heavy (non-hydrogen) atoms. The molecule has 0 spiro atoms. The molecule has 0 fully saturated rings. The van der Waals surface area contributed by atoms with Crippen molar-refractivity contribution < 1.29 is 23.9 Å². The maximum Gasteiger partial charge on any atom is 0.343 e. The van der Waals surface area contributed by atoms with Gasteiger partial charge in [0.05, 0.1) is 5.56 Å². The zero-order valence-corrected chi connectivity index (χ0v) is 15.8. The molecule has 0 unspecified atom stereocenters. The van der Waals surface area contributed by atoms with Gasteiger partial charge in [0.2, 0.25) is 0 Å². The highest BCUT2D eigenvalue weighted by molar-refractivity contribution is 5.92. The molecular formula is C24H18O5. The van der Waals surface area contributed by atoms with Gasteiger partial charge in [0.15, 0.2) is 0 Å². The molecule has 0 saturated carbocycles. The summed E-state index contributed by atoms with van der Waals surface area (Å²) in [6.07, 6.45) is 0.724. The molecule has 0 N–H and O–H groups in total. The van der Waals surface area contributed by atoms with Gasteiger partial charge in [0.25, 0.3) is 0 Å². The Morgan fingerprint density at radius 1 is 0.759 bits per heavy atom. The minimum Gasteiger partial charge on any atom is -0.423 e. The number of benzene rings is 3. The molecule has 3 aromatic rings. The lowest BCUT2D eigenvalue weighted by atomic mass is 10.0. The summed E-state index contributed by atoms with van der Waals surface area (Å²) in [7, 11) is 0. The van der Waals surface area contributed by atoms with Gasteiger partial charge in [-0.2, -0.15) is 0 Å². The van der Waals surface area contributed by atoms with E-state index >= 15 is 0 Å². The van der Waals surface area contributed by atoms with E-state index in [0.717, 1.165) is 17.4 Å². The number of carbonyl (C=O) groups is 3. The van der Waals surface area contributed by atoms with E-state index in [-0.39, 0.29) is 0 Å². The first-order valence-electron chi connectivity index (χ1n) is 8.82. The highest BCUT2D eigenvalue weighted by atomic mass is 16.5. The van der Waals surface area contributed by atoms with E-state index in [2.05, 4.69) is 6.58 Å². The van der Waals surface area contributed by atoms with Crippen LogP contribution in [0, 0.1) is 0 Å². The Kier molecular flexibility index (Phi) is 6.00. The molecular weight excluding hydrogens is 368 g/mol. The second-order valence-electron chi connectivity index (χ2n) is 6.35. The lowest BCUT2D eigenvalue weighted by molar-refractivity contribution is -0.130.